The highest BCUT2D eigenvalue weighted by Gasteiger charge is 2.24. The summed E-state index contributed by atoms with van der Waals surface area (Å²) in [4.78, 5) is 3.73. The minimum absolute atomic E-state index is 0.124. The van der Waals surface area contributed by atoms with Crippen LogP contribution in [0.4, 0.5) is 5.69 Å². The number of aryl methyl sites for hydroxylation is 1. The van der Waals surface area contributed by atoms with Crippen LogP contribution in [0.2, 0.25) is 0 Å². The lowest BCUT2D eigenvalue weighted by Gasteiger charge is -2.08. The molecule has 31 heavy (non-hydrogen) atoms. The van der Waals surface area contributed by atoms with E-state index in [2.05, 4.69) is 4.85 Å². The van der Waals surface area contributed by atoms with Gasteiger partial charge in [0.05, 0.1) is 14.9 Å². The second kappa shape index (κ2) is 7.11. The third-order valence-corrected chi connectivity index (χ3v) is 5.92. The maximum atomic E-state index is 8.80. The van der Waals surface area contributed by atoms with Crippen LogP contribution in [-0.2, 0) is 7.05 Å². The lowest BCUT2D eigenvalue weighted by Crippen LogP contribution is -2.35. The molecule has 5 rings (SSSR count). The Kier molecular flexibility index (Phi) is 3.25. The van der Waals surface area contributed by atoms with Crippen LogP contribution in [0.5, 0.6) is 0 Å². The summed E-state index contributed by atoms with van der Waals surface area (Å²) in [5.74, 6) is 0. The van der Waals surface area contributed by atoms with Gasteiger partial charge in [-0.1, -0.05) is 54.6 Å². The van der Waals surface area contributed by atoms with E-state index in [0.29, 0.717) is 39.4 Å². The van der Waals surface area contributed by atoms with E-state index in [0.717, 1.165) is 21.9 Å². The number of furan rings is 1. The zero-order valence-electron chi connectivity index (χ0n) is 22.5. The van der Waals surface area contributed by atoms with E-state index in [-0.39, 0.29) is 17.6 Å². The van der Waals surface area contributed by atoms with Gasteiger partial charge in [0.25, 0.3) is 0 Å². The number of nitrogens with zero attached hydrogens (tertiary/aromatic N) is 2. The van der Waals surface area contributed by atoms with Gasteiger partial charge in [0.2, 0.25) is 5.69 Å². The average Bonchev–Trinajstić information content (AvgIpc) is 3.22. The molecule has 0 atom stereocenters. The van der Waals surface area contributed by atoms with Crippen LogP contribution in [-0.4, -0.2) is 0 Å². The summed E-state index contributed by atoms with van der Waals surface area (Å²) < 4.78 is 49.2. The number of aromatic nitrogens is 1. The molecule has 0 bridgehead atoms. The van der Waals surface area contributed by atoms with E-state index in [1.165, 1.54) is 0 Å². The zero-order valence-corrected chi connectivity index (χ0v) is 17.5. The first kappa shape index (κ1) is 14.2. The molecule has 0 N–H and O–H groups in total. The monoisotopic (exact) mass is 408 g/mol. The Balaban J connectivity index is 1.93. The molecule has 0 unspecified atom stereocenters. The first-order valence-electron chi connectivity index (χ1n) is 12.5. The predicted octanol–water partition coefficient (Wildman–Crippen LogP) is 7.22. The highest BCUT2D eigenvalue weighted by Crippen LogP contribution is 2.44. The Hall–Kier alpha value is -3.90. The topological polar surface area (TPSA) is 21.4 Å². The molecular weight excluding hydrogens is 380 g/mol. The van der Waals surface area contributed by atoms with Crippen LogP contribution in [0.15, 0.2) is 71.1 Å². The van der Waals surface area contributed by atoms with E-state index in [4.69, 9.17) is 17.8 Å². The highest BCUT2D eigenvalue weighted by molar-refractivity contribution is 6.15. The molecule has 150 valence electrons. The molecule has 3 nitrogen and oxygen atoms in total. The molecule has 0 saturated carbocycles. The maximum Gasteiger partial charge on any atom is 0.216 e. The molecule has 0 aliphatic heterocycles. The minimum Gasteiger partial charge on any atom is -0.456 e. The van der Waals surface area contributed by atoms with Crippen molar-refractivity contribution in [2.24, 2.45) is 7.05 Å². The third-order valence-electron chi connectivity index (χ3n) is 5.92. The van der Waals surface area contributed by atoms with E-state index in [9.17, 15) is 0 Å². The smallest absolute Gasteiger partial charge is 0.216 e. The standard InChI is InChI=1S/C28H23N2O/c1-17-12-16-24(30(5)19(17)3)25-18(2)11-13-21-22-14-15-23(29-4)26(28(22)31-27(21)25)20-9-7-6-8-10-20/h6-16H,1-3,5H3/q+1/i1D3,12D,16D. The summed E-state index contributed by atoms with van der Waals surface area (Å²) in [5.41, 5.74) is 5.31. The number of rotatable bonds is 2. The fraction of sp³-hybridized carbons (Fsp3) is 0.143. The molecule has 0 fully saturated rings. The Morgan fingerprint density at radius 2 is 1.61 bits per heavy atom. The number of benzene rings is 3. The Morgan fingerprint density at radius 3 is 2.32 bits per heavy atom. The molecule has 0 aliphatic rings. The summed E-state index contributed by atoms with van der Waals surface area (Å²) in [6.07, 6.45) is 0. The number of hydrogen-bond acceptors (Lipinski definition) is 1. The Labute approximate surface area is 189 Å². The molecule has 5 aromatic rings. The molecule has 0 aliphatic carbocycles. The number of pyridine rings is 1. The van der Waals surface area contributed by atoms with Crippen molar-refractivity contribution in [1.29, 1.82) is 0 Å². The van der Waals surface area contributed by atoms with Gasteiger partial charge in [-0.2, -0.15) is 4.57 Å². The fourth-order valence-corrected chi connectivity index (χ4v) is 4.12. The van der Waals surface area contributed by atoms with Crippen molar-refractivity contribution in [3.05, 3.63) is 94.9 Å². The van der Waals surface area contributed by atoms with Gasteiger partial charge in [-0.05, 0) is 30.9 Å². The highest BCUT2D eigenvalue weighted by atomic mass is 16.3. The van der Waals surface area contributed by atoms with E-state index in [1.807, 2.05) is 55.5 Å². The van der Waals surface area contributed by atoms with Gasteiger partial charge in [-0.25, -0.2) is 4.85 Å². The van der Waals surface area contributed by atoms with Crippen molar-refractivity contribution in [3.63, 3.8) is 0 Å². The lowest BCUT2D eigenvalue weighted by molar-refractivity contribution is -0.667. The Bertz CT molecular complexity index is 1700. The summed E-state index contributed by atoms with van der Waals surface area (Å²) >= 11 is 0. The largest absolute Gasteiger partial charge is 0.456 e. The molecule has 0 saturated heterocycles. The van der Waals surface area contributed by atoms with Crippen molar-refractivity contribution in [2.75, 3.05) is 0 Å². The van der Waals surface area contributed by atoms with Crippen molar-refractivity contribution < 1.29 is 15.8 Å². The number of hydrogen-bond donors (Lipinski definition) is 0. The van der Waals surface area contributed by atoms with Gasteiger partial charge < -0.3 is 4.42 Å². The van der Waals surface area contributed by atoms with Gasteiger partial charge in [0.15, 0.2) is 11.4 Å². The molecular formula is C28H23N2O+. The minimum atomic E-state index is -2.51. The van der Waals surface area contributed by atoms with E-state index >= 15 is 0 Å². The van der Waals surface area contributed by atoms with Crippen LogP contribution in [0.3, 0.4) is 0 Å². The molecule has 2 aromatic heterocycles. The lowest BCUT2D eigenvalue weighted by atomic mass is 9.98. The summed E-state index contributed by atoms with van der Waals surface area (Å²) in [5, 5.41) is 1.66. The average molecular weight is 409 g/mol. The number of fused-ring (bicyclic) bond motifs is 3. The third kappa shape index (κ3) is 2.84. The van der Waals surface area contributed by atoms with Gasteiger partial charge in [-0.15, -0.1) is 0 Å². The first-order valence-corrected chi connectivity index (χ1v) is 9.98. The van der Waals surface area contributed by atoms with Gasteiger partial charge >= 0.3 is 0 Å². The maximum absolute atomic E-state index is 8.80. The van der Waals surface area contributed by atoms with Gasteiger partial charge in [-0.3, -0.25) is 0 Å². The van der Waals surface area contributed by atoms with Crippen molar-refractivity contribution in [2.45, 2.75) is 20.7 Å². The van der Waals surface area contributed by atoms with E-state index < -0.39 is 6.85 Å². The summed E-state index contributed by atoms with van der Waals surface area (Å²) in [6.45, 7) is 8.77. The first-order chi connectivity index (χ1) is 17.1. The quantitative estimate of drug-likeness (QED) is 0.223. The van der Waals surface area contributed by atoms with Crippen molar-refractivity contribution in [3.8, 4) is 22.4 Å². The molecule has 3 heteroatoms. The van der Waals surface area contributed by atoms with Crippen LogP contribution >= 0.6 is 0 Å². The van der Waals surface area contributed by atoms with Crippen molar-refractivity contribution in [1.82, 2.24) is 0 Å². The molecule has 0 spiro atoms. The molecule has 3 aromatic carbocycles. The van der Waals surface area contributed by atoms with Crippen molar-refractivity contribution >= 4 is 27.6 Å². The van der Waals surface area contributed by atoms with Gasteiger partial charge in [0.1, 0.15) is 18.2 Å². The van der Waals surface area contributed by atoms with Crippen LogP contribution in [0, 0.1) is 27.3 Å². The predicted molar refractivity (Wildman–Crippen MR) is 126 cm³/mol. The van der Waals surface area contributed by atoms with E-state index in [1.54, 1.807) is 24.6 Å². The Morgan fingerprint density at radius 1 is 0.903 bits per heavy atom. The van der Waals surface area contributed by atoms with Crippen LogP contribution < -0.4 is 4.57 Å². The molecule has 0 radical (unpaired) electrons. The van der Waals surface area contributed by atoms with Crippen LogP contribution in [0.25, 0.3) is 49.2 Å². The summed E-state index contributed by atoms with van der Waals surface area (Å²) in [7, 11) is 1.71. The normalized spacial score (nSPS) is 13.9. The summed E-state index contributed by atoms with van der Waals surface area (Å²) in [6, 6.07) is 16.7. The second-order valence-corrected chi connectivity index (χ2v) is 7.67. The molecule has 0 amide bonds. The SMILES string of the molecule is [2H]c1c([2H])c(-c2c(C)ccc3c2oc2c(-c4ccccc4)c([N+]#[C-])ccc23)[n+](C)c(C)c1C([2H])([2H])[2H]. The van der Waals surface area contributed by atoms with Crippen LogP contribution in [0.1, 0.15) is 23.7 Å². The zero-order chi connectivity index (χ0) is 25.9. The fourth-order valence-electron chi connectivity index (χ4n) is 4.12. The van der Waals surface area contributed by atoms with Gasteiger partial charge in [0, 0.05) is 39.0 Å². The molecule has 2 heterocycles. The second-order valence-electron chi connectivity index (χ2n) is 7.67.